The molecule has 0 aromatic carbocycles. The zero-order chi connectivity index (χ0) is 15.1. The molecule has 0 saturated carbocycles. The molecule has 2 aromatic rings. The summed E-state index contributed by atoms with van der Waals surface area (Å²) in [5.41, 5.74) is 4.61. The Morgan fingerprint density at radius 1 is 1.05 bits per heavy atom. The highest BCUT2D eigenvalue weighted by atomic mass is 15.3. The van der Waals surface area contributed by atoms with Crippen molar-refractivity contribution in [2.45, 2.75) is 53.1 Å². The van der Waals surface area contributed by atoms with Crippen LogP contribution in [0.3, 0.4) is 0 Å². The maximum Gasteiger partial charge on any atom is 0.0834 e. The molecule has 2 aromatic heterocycles. The van der Waals surface area contributed by atoms with E-state index in [4.69, 9.17) is 4.98 Å². The summed E-state index contributed by atoms with van der Waals surface area (Å²) < 4.78 is 2.09. The van der Waals surface area contributed by atoms with Gasteiger partial charge in [-0.3, -0.25) is 9.67 Å². The Morgan fingerprint density at radius 2 is 1.86 bits per heavy atom. The number of nitrogens with one attached hydrogen (secondary N) is 1. The molecule has 114 valence electrons. The van der Waals surface area contributed by atoms with E-state index in [1.807, 2.05) is 0 Å². The average Bonchev–Trinajstić information content (AvgIpc) is 2.90. The van der Waals surface area contributed by atoms with Crippen LogP contribution < -0.4 is 5.32 Å². The second kappa shape index (κ2) is 7.93. The summed E-state index contributed by atoms with van der Waals surface area (Å²) in [6.07, 6.45) is 3.13. The quantitative estimate of drug-likeness (QED) is 0.759. The lowest BCUT2D eigenvalue weighted by molar-refractivity contribution is 0.620. The molecule has 0 amide bonds. The maximum atomic E-state index is 4.73. The van der Waals surface area contributed by atoms with Crippen LogP contribution in [0.1, 0.15) is 50.0 Å². The van der Waals surface area contributed by atoms with Gasteiger partial charge in [0.2, 0.25) is 0 Å². The van der Waals surface area contributed by atoms with Gasteiger partial charge in [0.15, 0.2) is 0 Å². The SMILES string of the molecule is CCCNCc1cccc(Cn2nc(CC)cc2CC)n1. The third-order valence-corrected chi connectivity index (χ3v) is 3.55. The second-order valence-corrected chi connectivity index (χ2v) is 5.29. The lowest BCUT2D eigenvalue weighted by atomic mass is 10.2. The highest BCUT2D eigenvalue weighted by Gasteiger charge is 2.07. The van der Waals surface area contributed by atoms with Crippen molar-refractivity contribution in [2.24, 2.45) is 0 Å². The van der Waals surface area contributed by atoms with Gasteiger partial charge < -0.3 is 5.32 Å². The molecule has 1 N–H and O–H groups in total. The van der Waals surface area contributed by atoms with E-state index in [1.54, 1.807) is 0 Å². The van der Waals surface area contributed by atoms with Gasteiger partial charge in [-0.2, -0.15) is 5.10 Å². The van der Waals surface area contributed by atoms with Crippen molar-refractivity contribution in [1.29, 1.82) is 0 Å². The predicted molar refractivity (Wildman–Crippen MR) is 86.3 cm³/mol. The predicted octanol–water partition coefficient (Wildman–Crippen LogP) is 2.95. The Kier molecular flexibility index (Phi) is 5.93. The Balaban J connectivity index is 2.08. The lowest BCUT2D eigenvalue weighted by Crippen LogP contribution is -2.15. The first-order valence-electron chi connectivity index (χ1n) is 7.97. The third-order valence-electron chi connectivity index (χ3n) is 3.55. The summed E-state index contributed by atoms with van der Waals surface area (Å²) >= 11 is 0. The lowest BCUT2D eigenvalue weighted by Gasteiger charge is -2.08. The van der Waals surface area contributed by atoms with Crippen LogP contribution in [-0.4, -0.2) is 21.3 Å². The summed E-state index contributed by atoms with van der Waals surface area (Å²) in [6, 6.07) is 8.44. The molecule has 4 heteroatoms. The molecule has 0 fully saturated rings. The second-order valence-electron chi connectivity index (χ2n) is 5.29. The normalized spacial score (nSPS) is 11.0. The van der Waals surface area contributed by atoms with Crippen LogP contribution in [0, 0.1) is 0 Å². The van der Waals surface area contributed by atoms with Gasteiger partial charge in [-0.05, 0) is 44.0 Å². The van der Waals surface area contributed by atoms with Gasteiger partial charge in [-0.1, -0.05) is 26.8 Å². The number of aromatic nitrogens is 3. The topological polar surface area (TPSA) is 42.7 Å². The van der Waals surface area contributed by atoms with Crippen LogP contribution in [0.4, 0.5) is 0 Å². The fraction of sp³-hybridized carbons (Fsp3) is 0.529. The van der Waals surface area contributed by atoms with Gasteiger partial charge >= 0.3 is 0 Å². The fourth-order valence-electron chi connectivity index (χ4n) is 2.37. The Bertz CT molecular complexity index is 560. The van der Waals surface area contributed by atoms with E-state index in [-0.39, 0.29) is 0 Å². The molecule has 0 radical (unpaired) electrons. The summed E-state index contributed by atoms with van der Waals surface area (Å²) in [4.78, 5) is 4.73. The molecule has 2 rings (SSSR count). The number of nitrogens with zero attached hydrogens (tertiary/aromatic N) is 3. The number of pyridine rings is 1. The largest absolute Gasteiger partial charge is 0.311 e. The van der Waals surface area contributed by atoms with Crippen molar-refractivity contribution < 1.29 is 0 Å². The van der Waals surface area contributed by atoms with Gasteiger partial charge in [0.25, 0.3) is 0 Å². The maximum absolute atomic E-state index is 4.73. The van der Waals surface area contributed by atoms with Crippen LogP contribution in [0.25, 0.3) is 0 Å². The van der Waals surface area contributed by atoms with E-state index in [9.17, 15) is 0 Å². The molecule has 0 aliphatic heterocycles. The first-order chi connectivity index (χ1) is 10.3. The van der Waals surface area contributed by atoms with Gasteiger partial charge in [0.1, 0.15) is 0 Å². The monoisotopic (exact) mass is 286 g/mol. The first kappa shape index (κ1) is 15.7. The van der Waals surface area contributed by atoms with Gasteiger partial charge in [-0.25, -0.2) is 0 Å². The number of hydrogen-bond donors (Lipinski definition) is 1. The zero-order valence-corrected chi connectivity index (χ0v) is 13.4. The summed E-state index contributed by atoms with van der Waals surface area (Å²) in [6.45, 7) is 9.11. The molecule has 0 saturated heterocycles. The van der Waals surface area contributed by atoms with Gasteiger partial charge in [0, 0.05) is 12.2 Å². The van der Waals surface area contributed by atoms with E-state index in [0.717, 1.165) is 56.0 Å². The minimum absolute atomic E-state index is 0.755. The van der Waals surface area contributed by atoms with Crippen LogP contribution in [0.5, 0.6) is 0 Å². The number of rotatable bonds is 8. The first-order valence-corrected chi connectivity index (χ1v) is 7.97. The number of hydrogen-bond acceptors (Lipinski definition) is 3. The minimum Gasteiger partial charge on any atom is -0.311 e. The molecule has 0 bridgehead atoms. The van der Waals surface area contributed by atoms with Crippen LogP contribution in [0.2, 0.25) is 0 Å². The fourth-order valence-corrected chi connectivity index (χ4v) is 2.37. The molecule has 2 heterocycles. The van der Waals surface area contributed by atoms with E-state index < -0.39 is 0 Å². The van der Waals surface area contributed by atoms with Crippen LogP contribution in [-0.2, 0) is 25.9 Å². The average molecular weight is 286 g/mol. The standard InChI is InChI=1S/C17H26N4/c1-4-10-18-12-15-8-7-9-16(19-15)13-21-17(6-3)11-14(5-2)20-21/h7-9,11,18H,4-6,10,12-13H2,1-3H3. The summed E-state index contributed by atoms with van der Waals surface area (Å²) in [7, 11) is 0. The molecule has 0 spiro atoms. The Hall–Kier alpha value is -1.68. The van der Waals surface area contributed by atoms with Crippen LogP contribution >= 0.6 is 0 Å². The van der Waals surface area contributed by atoms with Gasteiger partial charge in [-0.15, -0.1) is 0 Å². The number of aryl methyl sites for hydroxylation is 2. The van der Waals surface area contributed by atoms with Crippen molar-refractivity contribution in [3.8, 4) is 0 Å². The molecule has 21 heavy (non-hydrogen) atoms. The molecule has 0 aliphatic carbocycles. The van der Waals surface area contributed by atoms with E-state index in [0.29, 0.717) is 0 Å². The van der Waals surface area contributed by atoms with Crippen molar-refractivity contribution in [2.75, 3.05) is 6.54 Å². The Morgan fingerprint density at radius 3 is 2.57 bits per heavy atom. The van der Waals surface area contributed by atoms with Gasteiger partial charge in [0.05, 0.1) is 23.6 Å². The molecular weight excluding hydrogens is 260 g/mol. The molecule has 0 atom stereocenters. The van der Waals surface area contributed by atoms with E-state index in [2.05, 4.69) is 60.1 Å². The molecular formula is C17H26N4. The Labute approximate surface area is 127 Å². The highest BCUT2D eigenvalue weighted by molar-refractivity contribution is 5.15. The molecule has 4 nitrogen and oxygen atoms in total. The van der Waals surface area contributed by atoms with Crippen molar-refractivity contribution in [3.63, 3.8) is 0 Å². The van der Waals surface area contributed by atoms with Crippen LogP contribution in [0.15, 0.2) is 24.3 Å². The minimum atomic E-state index is 0.755. The summed E-state index contributed by atoms with van der Waals surface area (Å²) in [5.74, 6) is 0. The van der Waals surface area contributed by atoms with Crippen molar-refractivity contribution in [1.82, 2.24) is 20.1 Å². The highest BCUT2D eigenvalue weighted by Crippen LogP contribution is 2.09. The summed E-state index contributed by atoms with van der Waals surface area (Å²) in [5, 5.41) is 8.05. The third kappa shape index (κ3) is 4.39. The van der Waals surface area contributed by atoms with Crippen molar-refractivity contribution in [3.05, 3.63) is 47.0 Å². The van der Waals surface area contributed by atoms with Crippen molar-refractivity contribution >= 4 is 0 Å². The molecule has 0 unspecified atom stereocenters. The smallest absolute Gasteiger partial charge is 0.0834 e. The van der Waals surface area contributed by atoms with E-state index in [1.165, 1.54) is 5.69 Å². The van der Waals surface area contributed by atoms with E-state index >= 15 is 0 Å². The zero-order valence-electron chi connectivity index (χ0n) is 13.4. The molecule has 0 aliphatic rings.